The molecule has 0 aliphatic heterocycles. The van der Waals surface area contributed by atoms with Gasteiger partial charge in [-0.15, -0.1) is 0 Å². The van der Waals surface area contributed by atoms with Gasteiger partial charge in [-0.3, -0.25) is 4.79 Å². The Kier molecular flexibility index (Phi) is 4.27. The fourth-order valence-corrected chi connectivity index (χ4v) is 2.93. The number of carboxylic acids is 1. The van der Waals surface area contributed by atoms with Crippen LogP contribution >= 0.6 is 0 Å². The summed E-state index contributed by atoms with van der Waals surface area (Å²) in [5.41, 5.74) is 1.12. The third-order valence-electron chi connectivity index (χ3n) is 2.91. The summed E-state index contributed by atoms with van der Waals surface area (Å²) in [6.07, 6.45) is 0.787. The van der Waals surface area contributed by atoms with E-state index in [1.165, 1.54) is 12.1 Å². The largest absolute Gasteiger partial charge is 0.474 e. The van der Waals surface area contributed by atoms with E-state index in [9.17, 15) is 18.0 Å². The Hall–Kier alpha value is -2.67. The number of carbonyl (C=O) groups is 2. The predicted molar refractivity (Wildman–Crippen MR) is 81.8 cm³/mol. The van der Waals surface area contributed by atoms with Gasteiger partial charge in [0.1, 0.15) is 0 Å². The van der Waals surface area contributed by atoms with Gasteiger partial charge in [0.05, 0.1) is 11.9 Å². The topological polar surface area (TPSA) is 91.8 Å². The molecular formula is C15H13NO5S. The fourth-order valence-electron chi connectivity index (χ4n) is 2.04. The first-order chi connectivity index (χ1) is 10.3. The van der Waals surface area contributed by atoms with E-state index in [2.05, 4.69) is 0 Å². The second kappa shape index (κ2) is 5.98. The summed E-state index contributed by atoms with van der Waals surface area (Å²) in [6.45, 7) is 0. The van der Waals surface area contributed by atoms with Gasteiger partial charge in [0, 0.05) is 5.56 Å². The third kappa shape index (κ3) is 3.15. The normalized spacial score (nSPS) is 11.0. The highest BCUT2D eigenvalue weighted by atomic mass is 32.2. The summed E-state index contributed by atoms with van der Waals surface area (Å²) >= 11 is 0. The van der Waals surface area contributed by atoms with Crippen LogP contribution in [0.4, 0.5) is 5.69 Å². The van der Waals surface area contributed by atoms with Gasteiger partial charge in [-0.25, -0.2) is 13.2 Å². The van der Waals surface area contributed by atoms with Crippen molar-refractivity contribution in [2.75, 3.05) is 10.6 Å². The lowest BCUT2D eigenvalue weighted by Gasteiger charge is -2.21. The second-order valence-corrected chi connectivity index (χ2v) is 6.35. The molecule has 2 rings (SSSR count). The Morgan fingerprint density at radius 2 is 1.50 bits per heavy atom. The number of aliphatic carboxylic acids is 1. The van der Waals surface area contributed by atoms with Gasteiger partial charge in [0.2, 0.25) is 10.0 Å². The van der Waals surface area contributed by atoms with E-state index < -0.39 is 21.9 Å². The predicted octanol–water partition coefficient (Wildman–Crippen LogP) is 1.73. The number of nitrogens with zero attached hydrogens (tertiary/aromatic N) is 1. The van der Waals surface area contributed by atoms with E-state index in [1.807, 2.05) is 0 Å². The number of carbonyl (C=O) groups excluding carboxylic acids is 1. The molecule has 2 aromatic carbocycles. The maximum Gasteiger partial charge on any atom is 0.396 e. The van der Waals surface area contributed by atoms with Crippen LogP contribution < -0.4 is 4.31 Å². The van der Waals surface area contributed by atoms with Crippen molar-refractivity contribution in [2.24, 2.45) is 0 Å². The Labute approximate surface area is 127 Å². The monoisotopic (exact) mass is 319 g/mol. The molecule has 0 fully saturated rings. The Bertz CT molecular complexity index is 815. The molecule has 0 aliphatic carbocycles. The summed E-state index contributed by atoms with van der Waals surface area (Å²) in [5.74, 6) is -3.36. The molecule has 2 aromatic rings. The zero-order valence-electron chi connectivity index (χ0n) is 11.6. The van der Waals surface area contributed by atoms with Crippen LogP contribution in [0.5, 0.6) is 0 Å². The minimum absolute atomic E-state index is 0.00333. The number of para-hydroxylation sites is 1. The van der Waals surface area contributed by atoms with Crippen molar-refractivity contribution < 1.29 is 23.1 Å². The van der Waals surface area contributed by atoms with Crippen LogP contribution in [-0.2, 0) is 19.6 Å². The number of benzene rings is 2. The van der Waals surface area contributed by atoms with Gasteiger partial charge >= 0.3 is 11.9 Å². The van der Waals surface area contributed by atoms with E-state index in [-0.39, 0.29) is 5.69 Å². The maximum atomic E-state index is 11.9. The van der Waals surface area contributed by atoms with E-state index in [0.29, 0.717) is 15.4 Å². The van der Waals surface area contributed by atoms with Gasteiger partial charge in [-0.05, 0) is 11.6 Å². The second-order valence-electron chi connectivity index (χ2n) is 4.52. The average Bonchev–Trinajstić information content (AvgIpc) is 2.47. The molecule has 0 spiro atoms. The van der Waals surface area contributed by atoms with E-state index in [1.54, 1.807) is 42.5 Å². The average molecular weight is 319 g/mol. The van der Waals surface area contributed by atoms with E-state index >= 15 is 0 Å². The van der Waals surface area contributed by atoms with Crippen LogP contribution in [0.25, 0.3) is 11.1 Å². The zero-order chi connectivity index (χ0) is 16.3. The molecule has 114 valence electrons. The number of sulfonamides is 1. The first kappa shape index (κ1) is 15.7. The number of hydrogen-bond acceptors (Lipinski definition) is 4. The first-order valence-corrected chi connectivity index (χ1v) is 8.09. The minimum atomic E-state index is -4.09. The van der Waals surface area contributed by atoms with Crippen molar-refractivity contribution in [1.82, 2.24) is 0 Å². The molecule has 1 amide bonds. The van der Waals surface area contributed by atoms with Crippen molar-refractivity contribution in [1.29, 1.82) is 0 Å². The molecular weight excluding hydrogens is 306 g/mol. The number of hydrogen-bond donors (Lipinski definition) is 1. The van der Waals surface area contributed by atoms with Crippen molar-refractivity contribution in [3.63, 3.8) is 0 Å². The summed E-state index contributed by atoms with van der Waals surface area (Å²) < 4.78 is 24.1. The molecule has 22 heavy (non-hydrogen) atoms. The third-order valence-corrected chi connectivity index (χ3v) is 3.93. The molecule has 0 aliphatic rings. The van der Waals surface area contributed by atoms with Gasteiger partial charge in [0.15, 0.2) is 0 Å². The van der Waals surface area contributed by atoms with Crippen LogP contribution in [0.2, 0.25) is 0 Å². The molecule has 6 nitrogen and oxygen atoms in total. The number of anilines is 1. The number of carboxylic acid groups (broad SMARTS) is 1. The van der Waals surface area contributed by atoms with Gasteiger partial charge < -0.3 is 5.11 Å². The van der Waals surface area contributed by atoms with Gasteiger partial charge in [-0.2, -0.15) is 4.31 Å². The number of amides is 1. The Morgan fingerprint density at radius 3 is 2.05 bits per heavy atom. The molecule has 7 heteroatoms. The molecule has 0 bridgehead atoms. The maximum absolute atomic E-state index is 11.9. The fraction of sp³-hybridized carbons (Fsp3) is 0.0667. The molecule has 0 saturated heterocycles. The summed E-state index contributed by atoms with van der Waals surface area (Å²) in [5, 5.41) is 8.88. The lowest BCUT2D eigenvalue weighted by Crippen LogP contribution is -2.40. The molecule has 0 aromatic heterocycles. The summed E-state index contributed by atoms with van der Waals surface area (Å²) in [7, 11) is -4.09. The van der Waals surface area contributed by atoms with Gasteiger partial charge in [0.25, 0.3) is 0 Å². The molecule has 0 unspecified atom stereocenters. The van der Waals surface area contributed by atoms with E-state index in [4.69, 9.17) is 5.11 Å². The summed E-state index contributed by atoms with van der Waals surface area (Å²) in [6, 6.07) is 15.0. The standard InChI is InChI=1S/C15H13NO5S/c1-22(20,21)16(14(17)15(18)19)13-10-6-5-9-12(13)11-7-3-2-4-8-11/h2-10H,1H3,(H,18,19). The molecule has 0 atom stereocenters. The smallest absolute Gasteiger partial charge is 0.396 e. The molecule has 0 saturated carbocycles. The highest BCUT2D eigenvalue weighted by Crippen LogP contribution is 2.32. The van der Waals surface area contributed by atoms with Crippen LogP contribution in [0, 0.1) is 0 Å². The lowest BCUT2D eigenvalue weighted by molar-refractivity contribution is -0.148. The van der Waals surface area contributed by atoms with Crippen molar-refractivity contribution >= 4 is 27.6 Å². The molecule has 1 N–H and O–H groups in total. The van der Waals surface area contributed by atoms with Crippen molar-refractivity contribution in [2.45, 2.75) is 0 Å². The molecule has 0 heterocycles. The van der Waals surface area contributed by atoms with E-state index in [0.717, 1.165) is 6.26 Å². The van der Waals surface area contributed by atoms with Crippen LogP contribution in [-0.4, -0.2) is 31.7 Å². The van der Waals surface area contributed by atoms with Crippen molar-refractivity contribution in [3.8, 4) is 11.1 Å². The Morgan fingerprint density at radius 1 is 0.955 bits per heavy atom. The van der Waals surface area contributed by atoms with Crippen molar-refractivity contribution in [3.05, 3.63) is 54.6 Å². The highest BCUT2D eigenvalue weighted by molar-refractivity contribution is 7.93. The van der Waals surface area contributed by atoms with Crippen LogP contribution in [0.3, 0.4) is 0 Å². The van der Waals surface area contributed by atoms with Crippen LogP contribution in [0.1, 0.15) is 0 Å². The number of rotatable bonds is 3. The first-order valence-electron chi connectivity index (χ1n) is 6.24. The SMILES string of the molecule is CS(=O)(=O)N(C(=O)C(=O)O)c1ccccc1-c1ccccc1. The summed E-state index contributed by atoms with van der Waals surface area (Å²) in [4.78, 5) is 22.8. The Balaban J connectivity index is 2.69. The molecule has 0 radical (unpaired) electrons. The lowest BCUT2D eigenvalue weighted by atomic mass is 10.0. The quantitative estimate of drug-likeness (QED) is 0.870. The highest BCUT2D eigenvalue weighted by Gasteiger charge is 2.32. The zero-order valence-corrected chi connectivity index (χ0v) is 12.4. The van der Waals surface area contributed by atoms with Crippen LogP contribution in [0.15, 0.2) is 54.6 Å². The minimum Gasteiger partial charge on any atom is -0.474 e. The van der Waals surface area contributed by atoms with Gasteiger partial charge in [-0.1, -0.05) is 48.5 Å².